The second kappa shape index (κ2) is 3.87. The van der Waals surface area contributed by atoms with Crippen molar-refractivity contribution in [2.45, 2.75) is 25.9 Å². The summed E-state index contributed by atoms with van der Waals surface area (Å²) in [7, 11) is 1.88. The molecule has 0 amide bonds. The molecule has 0 atom stereocenters. The Labute approximate surface area is 77.8 Å². The summed E-state index contributed by atoms with van der Waals surface area (Å²) < 4.78 is 13.4. The van der Waals surface area contributed by atoms with Crippen molar-refractivity contribution in [1.82, 2.24) is 15.3 Å². The fourth-order valence-corrected chi connectivity index (χ4v) is 1.04. The first-order valence-electron chi connectivity index (χ1n) is 4.42. The predicted octanol–water partition coefficient (Wildman–Crippen LogP) is 1.38. The Kier molecular flexibility index (Phi) is 3.03. The lowest BCUT2D eigenvalue weighted by atomic mass is 10.1. The maximum atomic E-state index is 13.4. The van der Waals surface area contributed by atoms with Gasteiger partial charge in [-0.3, -0.25) is 0 Å². The molecule has 13 heavy (non-hydrogen) atoms. The quantitative estimate of drug-likeness (QED) is 0.744. The highest BCUT2D eigenvalue weighted by Gasteiger charge is 2.20. The zero-order chi connectivity index (χ0) is 9.90. The molecule has 1 aromatic rings. The van der Waals surface area contributed by atoms with Gasteiger partial charge < -0.3 is 10.3 Å². The van der Waals surface area contributed by atoms with E-state index in [1.807, 2.05) is 7.05 Å². The molecule has 0 aromatic carbocycles. The van der Waals surface area contributed by atoms with Gasteiger partial charge in [0.1, 0.15) is 11.5 Å². The van der Waals surface area contributed by atoms with Crippen LogP contribution in [0, 0.1) is 0 Å². The molecular formula is C9H16FN3. The van der Waals surface area contributed by atoms with Crippen molar-refractivity contribution in [3.63, 3.8) is 0 Å². The van der Waals surface area contributed by atoms with E-state index in [4.69, 9.17) is 0 Å². The molecule has 1 aromatic heterocycles. The van der Waals surface area contributed by atoms with Crippen molar-refractivity contribution < 1.29 is 4.39 Å². The molecule has 1 heterocycles. The fourth-order valence-electron chi connectivity index (χ4n) is 1.04. The first-order chi connectivity index (χ1) is 6.04. The first-order valence-corrected chi connectivity index (χ1v) is 4.42. The van der Waals surface area contributed by atoms with Gasteiger partial charge in [-0.05, 0) is 20.9 Å². The van der Waals surface area contributed by atoms with E-state index in [1.54, 1.807) is 6.20 Å². The Morgan fingerprint density at radius 2 is 2.31 bits per heavy atom. The SMILES string of the molecule is CNCCc1ncc(C(C)(C)F)[nH]1. The lowest BCUT2D eigenvalue weighted by Crippen LogP contribution is -2.12. The Balaban J connectivity index is 2.64. The summed E-state index contributed by atoms with van der Waals surface area (Å²) in [5, 5.41) is 3.01. The van der Waals surface area contributed by atoms with Crippen LogP contribution in [0.15, 0.2) is 6.20 Å². The highest BCUT2D eigenvalue weighted by atomic mass is 19.1. The molecule has 1 rings (SSSR count). The van der Waals surface area contributed by atoms with E-state index in [1.165, 1.54) is 13.8 Å². The summed E-state index contributed by atoms with van der Waals surface area (Å²) in [4.78, 5) is 7.05. The molecule has 0 fully saturated rings. The van der Waals surface area contributed by atoms with Crippen molar-refractivity contribution in [1.29, 1.82) is 0 Å². The van der Waals surface area contributed by atoms with Crippen LogP contribution in [0.4, 0.5) is 4.39 Å². The van der Waals surface area contributed by atoms with Gasteiger partial charge >= 0.3 is 0 Å². The largest absolute Gasteiger partial charge is 0.343 e. The minimum Gasteiger partial charge on any atom is -0.343 e. The maximum Gasteiger partial charge on any atom is 0.146 e. The van der Waals surface area contributed by atoms with Gasteiger partial charge in [-0.25, -0.2) is 9.37 Å². The second-order valence-electron chi connectivity index (χ2n) is 3.57. The zero-order valence-electron chi connectivity index (χ0n) is 8.32. The number of alkyl halides is 1. The molecule has 0 bridgehead atoms. The van der Waals surface area contributed by atoms with Crippen molar-refractivity contribution >= 4 is 0 Å². The van der Waals surface area contributed by atoms with E-state index in [-0.39, 0.29) is 0 Å². The number of likely N-dealkylation sites (N-methyl/N-ethyl adjacent to an activating group) is 1. The molecule has 4 heteroatoms. The molecule has 0 saturated carbocycles. The highest BCUT2D eigenvalue weighted by molar-refractivity contribution is 5.09. The molecule has 74 valence electrons. The number of hydrogen-bond acceptors (Lipinski definition) is 2. The smallest absolute Gasteiger partial charge is 0.146 e. The topological polar surface area (TPSA) is 40.7 Å². The molecular weight excluding hydrogens is 169 g/mol. The number of rotatable bonds is 4. The third kappa shape index (κ3) is 2.81. The molecule has 3 nitrogen and oxygen atoms in total. The van der Waals surface area contributed by atoms with E-state index in [0.29, 0.717) is 5.69 Å². The third-order valence-electron chi connectivity index (χ3n) is 1.88. The van der Waals surface area contributed by atoms with Crippen molar-refractivity contribution in [3.8, 4) is 0 Å². The van der Waals surface area contributed by atoms with Crippen LogP contribution in [0.3, 0.4) is 0 Å². The van der Waals surface area contributed by atoms with E-state index < -0.39 is 5.67 Å². The number of nitrogens with one attached hydrogen (secondary N) is 2. The minimum absolute atomic E-state index is 0.540. The van der Waals surface area contributed by atoms with Crippen LogP contribution in [-0.4, -0.2) is 23.6 Å². The van der Waals surface area contributed by atoms with Crippen LogP contribution >= 0.6 is 0 Å². The summed E-state index contributed by atoms with van der Waals surface area (Å²) in [6, 6.07) is 0. The highest BCUT2D eigenvalue weighted by Crippen LogP contribution is 2.22. The molecule has 0 radical (unpaired) electrons. The summed E-state index contributed by atoms with van der Waals surface area (Å²) in [6.45, 7) is 3.88. The number of H-pyrrole nitrogens is 1. The summed E-state index contributed by atoms with van der Waals surface area (Å²) >= 11 is 0. The van der Waals surface area contributed by atoms with Crippen molar-refractivity contribution in [3.05, 3.63) is 17.7 Å². The van der Waals surface area contributed by atoms with Gasteiger partial charge in [0.15, 0.2) is 0 Å². The third-order valence-corrected chi connectivity index (χ3v) is 1.88. The molecule has 0 aliphatic rings. The molecule has 2 N–H and O–H groups in total. The monoisotopic (exact) mass is 185 g/mol. The van der Waals surface area contributed by atoms with Gasteiger partial charge in [-0.2, -0.15) is 0 Å². The molecule has 0 aliphatic heterocycles. The number of aromatic nitrogens is 2. The lowest BCUT2D eigenvalue weighted by molar-refractivity contribution is 0.215. The van der Waals surface area contributed by atoms with E-state index in [9.17, 15) is 4.39 Å². The van der Waals surface area contributed by atoms with Gasteiger partial charge in [-0.15, -0.1) is 0 Å². The average molecular weight is 185 g/mol. The second-order valence-corrected chi connectivity index (χ2v) is 3.57. The van der Waals surface area contributed by atoms with Crippen LogP contribution in [-0.2, 0) is 12.1 Å². The zero-order valence-corrected chi connectivity index (χ0v) is 8.32. The number of nitrogens with zero attached hydrogens (tertiary/aromatic N) is 1. The standard InChI is InChI=1S/C9H16FN3/c1-9(2,10)7-6-12-8(13-7)4-5-11-3/h6,11H,4-5H2,1-3H3,(H,12,13). The molecule has 0 saturated heterocycles. The van der Waals surface area contributed by atoms with Crippen LogP contribution < -0.4 is 5.32 Å². The van der Waals surface area contributed by atoms with Crippen molar-refractivity contribution in [2.75, 3.05) is 13.6 Å². The number of hydrogen-bond donors (Lipinski definition) is 2. The van der Waals surface area contributed by atoms with Crippen LogP contribution in [0.2, 0.25) is 0 Å². The van der Waals surface area contributed by atoms with Crippen LogP contribution in [0.5, 0.6) is 0 Å². The van der Waals surface area contributed by atoms with Gasteiger partial charge in [0.05, 0.1) is 11.9 Å². The Morgan fingerprint density at radius 3 is 2.77 bits per heavy atom. The lowest BCUT2D eigenvalue weighted by Gasteiger charge is -2.10. The van der Waals surface area contributed by atoms with Crippen LogP contribution in [0.1, 0.15) is 25.4 Å². The maximum absolute atomic E-state index is 13.4. The van der Waals surface area contributed by atoms with Crippen LogP contribution in [0.25, 0.3) is 0 Å². The van der Waals surface area contributed by atoms with Gasteiger partial charge in [-0.1, -0.05) is 0 Å². The van der Waals surface area contributed by atoms with E-state index in [0.717, 1.165) is 18.8 Å². The van der Waals surface area contributed by atoms with Gasteiger partial charge in [0.25, 0.3) is 0 Å². The minimum atomic E-state index is -1.33. The summed E-state index contributed by atoms with van der Waals surface area (Å²) in [6.07, 6.45) is 2.36. The molecule has 0 unspecified atom stereocenters. The van der Waals surface area contributed by atoms with Gasteiger partial charge in [0.2, 0.25) is 0 Å². The average Bonchev–Trinajstić information content (AvgIpc) is 2.47. The first kappa shape index (κ1) is 10.2. The predicted molar refractivity (Wildman–Crippen MR) is 50.4 cm³/mol. The Hall–Kier alpha value is -0.900. The van der Waals surface area contributed by atoms with E-state index in [2.05, 4.69) is 15.3 Å². The normalized spacial score (nSPS) is 12.0. The van der Waals surface area contributed by atoms with E-state index >= 15 is 0 Å². The fraction of sp³-hybridized carbons (Fsp3) is 0.667. The summed E-state index contributed by atoms with van der Waals surface area (Å²) in [5.41, 5.74) is -0.788. The Bertz CT molecular complexity index is 262. The molecule has 0 spiro atoms. The Morgan fingerprint density at radius 1 is 1.62 bits per heavy atom. The molecule has 0 aliphatic carbocycles. The summed E-state index contributed by atoms with van der Waals surface area (Å²) in [5.74, 6) is 0.829. The van der Waals surface area contributed by atoms with Gasteiger partial charge in [0, 0.05) is 13.0 Å². The number of imidazole rings is 1. The number of halogens is 1. The number of aromatic amines is 1. The van der Waals surface area contributed by atoms with Crippen molar-refractivity contribution in [2.24, 2.45) is 0 Å².